The van der Waals surface area contributed by atoms with Gasteiger partial charge in [0.15, 0.2) is 0 Å². The highest BCUT2D eigenvalue weighted by Crippen LogP contribution is 2.05. The smallest absolute Gasteiger partial charge is 0.251 e. The van der Waals surface area contributed by atoms with Gasteiger partial charge in [0.1, 0.15) is 0 Å². The number of carbonyl (C=O) groups is 1. The first-order valence-corrected chi connectivity index (χ1v) is 7.94. The minimum Gasteiger partial charge on any atom is -0.309 e. The second kappa shape index (κ2) is 10.4. The number of hydrazine groups is 1. The van der Waals surface area contributed by atoms with E-state index in [4.69, 9.17) is 0 Å². The summed E-state index contributed by atoms with van der Waals surface area (Å²) < 4.78 is 0. The van der Waals surface area contributed by atoms with Gasteiger partial charge in [-0.05, 0) is 38.8 Å². The number of hydrogen-bond acceptors (Lipinski definition) is 3. The van der Waals surface area contributed by atoms with Crippen molar-refractivity contribution in [3.05, 3.63) is 35.9 Å². The average molecular weight is 291 g/mol. The molecule has 0 saturated carbocycles. The summed E-state index contributed by atoms with van der Waals surface area (Å²) in [5.74, 6) is 0.0596. The number of rotatable bonds is 4. The van der Waals surface area contributed by atoms with Crippen molar-refractivity contribution in [2.45, 2.75) is 45.6 Å². The highest BCUT2D eigenvalue weighted by Gasteiger charge is 2.15. The zero-order chi connectivity index (χ0) is 15.5. The van der Waals surface area contributed by atoms with Crippen LogP contribution < -0.4 is 10.7 Å². The lowest BCUT2D eigenvalue weighted by atomic mass is 10.2. The van der Waals surface area contributed by atoms with Gasteiger partial charge in [-0.2, -0.15) is 0 Å². The first-order chi connectivity index (χ1) is 10.2. The maximum atomic E-state index is 11.4. The maximum Gasteiger partial charge on any atom is 0.251 e. The van der Waals surface area contributed by atoms with Gasteiger partial charge in [0.25, 0.3) is 5.91 Å². The standard InChI is InChI=1S/C9H19N3O.C8H10/c1-8(10-2)9(13)11-12-6-4-3-5-7-12;1-2-8-6-4-3-5-7-8/h8,10H,3-7H2,1-2H3,(H,11,13);3-7H,2H2,1H3. The minimum atomic E-state index is -0.109. The fraction of sp³-hybridized carbons (Fsp3) is 0.588. The molecule has 1 aromatic carbocycles. The van der Waals surface area contributed by atoms with E-state index in [1.165, 1.54) is 24.8 Å². The van der Waals surface area contributed by atoms with Crippen molar-refractivity contribution >= 4 is 5.91 Å². The monoisotopic (exact) mass is 291 g/mol. The number of likely N-dealkylation sites (N-methyl/N-ethyl adjacent to an activating group) is 1. The second-order valence-electron chi connectivity index (χ2n) is 5.37. The largest absolute Gasteiger partial charge is 0.309 e. The van der Waals surface area contributed by atoms with Gasteiger partial charge in [-0.25, -0.2) is 5.01 Å². The quantitative estimate of drug-likeness (QED) is 0.895. The fourth-order valence-corrected chi connectivity index (χ4v) is 2.10. The Hall–Kier alpha value is -1.39. The second-order valence-corrected chi connectivity index (χ2v) is 5.37. The number of hydrogen-bond donors (Lipinski definition) is 2. The molecule has 118 valence electrons. The Morgan fingerprint density at radius 1 is 1.19 bits per heavy atom. The molecule has 1 aliphatic heterocycles. The highest BCUT2D eigenvalue weighted by molar-refractivity contribution is 5.80. The summed E-state index contributed by atoms with van der Waals surface area (Å²) in [4.78, 5) is 11.4. The van der Waals surface area contributed by atoms with Gasteiger partial charge in [-0.15, -0.1) is 0 Å². The van der Waals surface area contributed by atoms with Crippen LogP contribution in [0.3, 0.4) is 0 Å². The van der Waals surface area contributed by atoms with Gasteiger partial charge in [0, 0.05) is 13.1 Å². The molecular weight excluding hydrogens is 262 g/mol. The number of piperidine rings is 1. The van der Waals surface area contributed by atoms with Gasteiger partial charge in [0.2, 0.25) is 0 Å². The Kier molecular flexibility index (Phi) is 8.71. The number of nitrogens with zero attached hydrogens (tertiary/aromatic N) is 1. The van der Waals surface area contributed by atoms with Gasteiger partial charge >= 0.3 is 0 Å². The summed E-state index contributed by atoms with van der Waals surface area (Å²) in [7, 11) is 1.79. The van der Waals surface area contributed by atoms with E-state index in [1.54, 1.807) is 7.05 Å². The summed E-state index contributed by atoms with van der Waals surface area (Å²) in [5.41, 5.74) is 4.31. The molecule has 0 radical (unpaired) electrons. The number of nitrogens with one attached hydrogen (secondary N) is 2. The predicted octanol–water partition coefficient (Wildman–Crippen LogP) is 2.36. The van der Waals surface area contributed by atoms with Crippen molar-refractivity contribution in [1.29, 1.82) is 0 Å². The van der Waals surface area contributed by atoms with E-state index < -0.39 is 0 Å². The molecule has 1 unspecified atom stereocenters. The molecular formula is C17H29N3O. The first-order valence-electron chi connectivity index (χ1n) is 7.94. The van der Waals surface area contributed by atoms with Gasteiger partial charge in [-0.1, -0.05) is 43.7 Å². The third kappa shape index (κ3) is 7.25. The summed E-state index contributed by atoms with van der Waals surface area (Å²) in [6.07, 6.45) is 4.80. The van der Waals surface area contributed by atoms with Crippen LogP contribution in [0.1, 0.15) is 38.7 Å². The summed E-state index contributed by atoms with van der Waals surface area (Å²) in [5, 5.41) is 4.93. The maximum absolute atomic E-state index is 11.4. The lowest BCUT2D eigenvalue weighted by Gasteiger charge is -2.27. The molecule has 2 rings (SSSR count). The van der Waals surface area contributed by atoms with Crippen molar-refractivity contribution in [2.75, 3.05) is 20.1 Å². The van der Waals surface area contributed by atoms with Crippen molar-refractivity contribution in [1.82, 2.24) is 15.8 Å². The van der Waals surface area contributed by atoms with E-state index in [0.29, 0.717) is 0 Å². The first kappa shape index (κ1) is 17.7. The number of benzene rings is 1. The van der Waals surface area contributed by atoms with Gasteiger partial charge in [-0.3, -0.25) is 10.2 Å². The van der Waals surface area contributed by atoms with E-state index in [9.17, 15) is 4.79 Å². The lowest BCUT2D eigenvalue weighted by molar-refractivity contribution is -0.127. The van der Waals surface area contributed by atoms with E-state index in [1.807, 2.05) is 18.0 Å². The molecule has 1 aliphatic rings. The Balaban J connectivity index is 0.000000235. The highest BCUT2D eigenvalue weighted by atomic mass is 16.2. The predicted molar refractivity (Wildman–Crippen MR) is 87.9 cm³/mol. The van der Waals surface area contributed by atoms with Crippen LogP contribution >= 0.6 is 0 Å². The molecule has 1 atom stereocenters. The van der Waals surface area contributed by atoms with Crippen LogP contribution in [0.4, 0.5) is 0 Å². The molecule has 2 N–H and O–H groups in total. The average Bonchev–Trinajstić information content (AvgIpc) is 2.56. The Morgan fingerprint density at radius 3 is 2.29 bits per heavy atom. The Bertz CT molecular complexity index is 388. The number of carbonyl (C=O) groups excluding carboxylic acids is 1. The molecule has 1 amide bonds. The third-order valence-corrected chi connectivity index (χ3v) is 3.70. The number of amides is 1. The van der Waals surface area contributed by atoms with Crippen molar-refractivity contribution in [3.8, 4) is 0 Å². The summed E-state index contributed by atoms with van der Waals surface area (Å²) in [6, 6.07) is 10.3. The van der Waals surface area contributed by atoms with Crippen LogP contribution in [0, 0.1) is 0 Å². The van der Waals surface area contributed by atoms with Crippen LogP contribution in [0.25, 0.3) is 0 Å². The zero-order valence-electron chi connectivity index (χ0n) is 13.6. The van der Waals surface area contributed by atoms with Crippen molar-refractivity contribution in [2.24, 2.45) is 0 Å². The van der Waals surface area contributed by atoms with E-state index >= 15 is 0 Å². The molecule has 0 spiro atoms. The molecule has 1 saturated heterocycles. The normalized spacial score (nSPS) is 16.5. The zero-order valence-corrected chi connectivity index (χ0v) is 13.6. The fourth-order valence-electron chi connectivity index (χ4n) is 2.10. The van der Waals surface area contributed by atoms with Crippen LogP contribution in [-0.4, -0.2) is 37.1 Å². The molecule has 1 heterocycles. The topological polar surface area (TPSA) is 44.4 Å². The number of aryl methyl sites for hydroxylation is 1. The molecule has 4 nitrogen and oxygen atoms in total. The summed E-state index contributed by atoms with van der Waals surface area (Å²) >= 11 is 0. The van der Waals surface area contributed by atoms with Crippen LogP contribution in [0.5, 0.6) is 0 Å². The van der Waals surface area contributed by atoms with Gasteiger partial charge in [0.05, 0.1) is 6.04 Å². The SMILES string of the molecule is CCc1ccccc1.CNC(C)C(=O)NN1CCCCC1. The Labute approximate surface area is 128 Å². The lowest BCUT2D eigenvalue weighted by Crippen LogP contribution is -2.50. The summed E-state index contributed by atoms with van der Waals surface area (Å²) in [6.45, 7) is 6.00. The van der Waals surface area contributed by atoms with Crippen LogP contribution in [-0.2, 0) is 11.2 Å². The Morgan fingerprint density at radius 2 is 1.81 bits per heavy atom. The van der Waals surface area contributed by atoms with Crippen LogP contribution in [0.15, 0.2) is 30.3 Å². The molecule has 0 bridgehead atoms. The third-order valence-electron chi connectivity index (χ3n) is 3.70. The molecule has 1 fully saturated rings. The molecule has 1 aromatic rings. The van der Waals surface area contributed by atoms with E-state index in [0.717, 1.165) is 19.5 Å². The van der Waals surface area contributed by atoms with Crippen LogP contribution in [0.2, 0.25) is 0 Å². The molecule has 21 heavy (non-hydrogen) atoms. The minimum absolute atomic E-state index is 0.0596. The molecule has 4 heteroatoms. The molecule has 0 aliphatic carbocycles. The van der Waals surface area contributed by atoms with Gasteiger partial charge < -0.3 is 5.32 Å². The van der Waals surface area contributed by atoms with E-state index in [2.05, 4.69) is 41.9 Å². The molecule has 0 aromatic heterocycles. The van der Waals surface area contributed by atoms with Crippen molar-refractivity contribution in [3.63, 3.8) is 0 Å². The van der Waals surface area contributed by atoms with E-state index in [-0.39, 0.29) is 11.9 Å². The van der Waals surface area contributed by atoms with Crippen molar-refractivity contribution < 1.29 is 4.79 Å².